The van der Waals surface area contributed by atoms with E-state index in [0.29, 0.717) is 12.8 Å². The van der Waals surface area contributed by atoms with E-state index in [-0.39, 0.29) is 39.6 Å². The van der Waals surface area contributed by atoms with Crippen molar-refractivity contribution in [3.05, 3.63) is 25.3 Å². The summed E-state index contributed by atoms with van der Waals surface area (Å²) >= 11 is 0. The number of ether oxygens (including phenoxy) is 3. The van der Waals surface area contributed by atoms with Gasteiger partial charge in [-0.25, -0.2) is 9.59 Å². The van der Waals surface area contributed by atoms with Crippen molar-refractivity contribution in [3.8, 4) is 0 Å². The number of carbonyl (C=O) groups is 2. The van der Waals surface area contributed by atoms with Gasteiger partial charge in [0.15, 0.2) is 0 Å². The van der Waals surface area contributed by atoms with Crippen LogP contribution < -0.4 is 0 Å². The van der Waals surface area contributed by atoms with E-state index in [4.69, 9.17) is 14.2 Å². The molecule has 0 aromatic heterocycles. The smallest absolute Gasteiger partial charge is 0.330 e. The van der Waals surface area contributed by atoms with Gasteiger partial charge in [-0.3, -0.25) is 0 Å². The van der Waals surface area contributed by atoms with Gasteiger partial charge in [0.2, 0.25) is 0 Å². The predicted octanol–water partition coefficient (Wildman–Crippen LogP) is 1.24. The van der Waals surface area contributed by atoms with Crippen molar-refractivity contribution in [3.63, 3.8) is 0 Å². The van der Waals surface area contributed by atoms with Gasteiger partial charge in [-0.2, -0.15) is 0 Å². The van der Waals surface area contributed by atoms with Crippen molar-refractivity contribution in [2.24, 2.45) is 10.8 Å². The second-order valence-corrected chi connectivity index (χ2v) is 6.14. The number of aliphatic hydroxyl groups excluding tert-OH is 2. The third-order valence-corrected chi connectivity index (χ3v) is 4.36. The highest BCUT2D eigenvalue weighted by Gasteiger charge is 2.34. The summed E-state index contributed by atoms with van der Waals surface area (Å²) in [6, 6.07) is 0. The molecule has 0 rings (SSSR count). The van der Waals surface area contributed by atoms with E-state index < -0.39 is 22.8 Å². The molecule has 0 spiro atoms. The zero-order valence-electron chi connectivity index (χ0n) is 15.2. The molecule has 0 saturated carbocycles. The Labute approximate surface area is 149 Å². The molecule has 0 aromatic carbocycles. The highest BCUT2D eigenvalue weighted by Crippen LogP contribution is 2.27. The maximum atomic E-state index is 11.4. The minimum absolute atomic E-state index is 0.0177. The Hall–Kier alpha value is -1.70. The first kappa shape index (κ1) is 23.3. The molecule has 25 heavy (non-hydrogen) atoms. The molecule has 144 valence electrons. The van der Waals surface area contributed by atoms with Crippen LogP contribution in [-0.4, -0.2) is 61.8 Å². The quantitative estimate of drug-likeness (QED) is 0.356. The Morgan fingerprint density at radius 1 is 0.840 bits per heavy atom. The van der Waals surface area contributed by atoms with E-state index in [1.165, 1.54) is 0 Å². The van der Waals surface area contributed by atoms with Crippen LogP contribution in [0.5, 0.6) is 0 Å². The standard InChI is InChI=1S/C18H30O7/c1-5-15(21)24-13-18(8-4,14-25-16(22)6-2)12-23-11-17(7-3,9-19)10-20/h5-6,19-20H,1-2,7-14H2,3-4H3. The van der Waals surface area contributed by atoms with Gasteiger partial charge in [0.05, 0.1) is 31.8 Å². The number of carbonyl (C=O) groups excluding carboxylic acids is 2. The van der Waals surface area contributed by atoms with E-state index in [1.807, 2.05) is 13.8 Å². The van der Waals surface area contributed by atoms with Crippen LogP contribution in [0.25, 0.3) is 0 Å². The SMILES string of the molecule is C=CC(=O)OCC(CC)(COCC(CC)(CO)CO)COC(=O)C=C. The normalized spacial score (nSPS) is 11.7. The van der Waals surface area contributed by atoms with Gasteiger partial charge in [0, 0.05) is 17.6 Å². The van der Waals surface area contributed by atoms with Gasteiger partial charge in [-0.1, -0.05) is 27.0 Å². The van der Waals surface area contributed by atoms with Crippen LogP contribution in [0.1, 0.15) is 26.7 Å². The van der Waals surface area contributed by atoms with E-state index >= 15 is 0 Å². The maximum absolute atomic E-state index is 11.4. The molecule has 0 aliphatic rings. The molecule has 0 radical (unpaired) electrons. The fraction of sp³-hybridized carbons (Fsp3) is 0.667. The summed E-state index contributed by atoms with van der Waals surface area (Å²) < 4.78 is 16.0. The topological polar surface area (TPSA) is 102 Å². The van der Waals surface area contributed by atoms with E-state index in [2.05, 4.69) is 13.2 Å². The van der Waals surface area contributed by atoms with Gasteiger partial charge in [0.25, 0.3) is 0 Å². The Kier molecular flexibility index (Phi) is 11.0. The average Bonchev–Trinajstić information content (AvgIpc) is 2.66. The van der Waals surface area contributed by atoms with Crippen LogP contribution in [0.2, 0.25) is 0 Å². The second-order valence-electron chi connectivity index (χ2n) is 6.14. The molecule has 0 saturated heterocycles. The molecule has 0 heterocycles. The fourth-order valence-electron chi connectivity index (χ4n) is 1.95. The molecule has 7 nitrogen and oxygen atoms in total. The van der Waals surface area contributed by atoms with Crippen LogP contribution >= 0.6 is 0 Å². The third-order valence-electron chi connectivity index (χ3n) is 4.36. The Morgan fingerprint density at radius 2 is 1.24 bits per heavy atom. The van der Waals surface area contributed by atoms with Crippen molar-refractivity contribution in [1.29, 1.82) is 0 Å². The average molecular weight is 358 g/mol. The summed E-state index contributed by atoms with van der Waals surface area (Å²) in [5.41, 5.74) is -1.49. The van der Waals surface area contributed by atoms with E-state index in [0.717, 1.165) is 12.2 Å². The van der Waals surface area contributed by atoms with Crippen molar-refractivity contribution in [1.82, 2.24) is 0 Å². The number of esters is 2. The first-order chi connectivity index (χ1) is 11.9. The predicted molar refractivity (Wildman–Crippen MR) is 92.8 cm³/mol. The fourth-order valence-corrected chi connectivity index (χ4v) is 1.95. The van der Waals surface area contributed by atoms with Crippen LogP contribution in [0.3, 0.4) is 0 Å². The van der Waals surface area contributed by atoms with Crippen LogP contribution in [-0.2, 0) is 23.8 Å². The van der Waals surface area contributed by atoms with E-state index in [1.54, 1.807) is 0 Å². The summed E-state index contributed by atoms with van der Waals surface area (Å²) in [4.78, 5) is 22.7. The summed E-state index contributed by atoms with van der Waals surface area (Å²) in [5, 5.41) is 19.0. The molecular formula is C18H30O7. The number of rotatable bonds is 14. The molecular weight excluding hydrogens is 328 g/mol. The Bertz CT molecular complexity index is 408. The first-order valence-corrected chi connectivity index (χ1v) is 8.24. The number of aliphatic hydroxyl groups is 2. The van der Waals surface area contributed by atoms with Gasteiger partial charge >= 0.3 is 11.9 Å². The molecule has 0 atom stereocenters. The summed E-state index contributed by atoms with van der Waals surface area (Å²) in [6.07, 6.45) is 3.16. The van der Waals surface area contributed by atoms with E-state index in [9.17, 15) is 19.8 Å². The van der Waals surface area contributed by atoms with Gasteiger partial charge in [-0.05, 0) is 12.8 Å². The molecule has 7 heteroatoms. The van der Waals surface area contributed by atoms with Crippen LogP contribution in [0, 0.1) is 10.8 Å². The monoisotopic (exact) mass is 358 g/mol. The third kappa shape index (κ3) is 7.81. The van der Waals surface area contributed by atoms with Crippen LogP contribution in [0.4, 0.5) is 0 Å². The van der Waals surface area contributed by atoms with Crippen molar-refractivity contribution >= 4 is 11.9 Å². The Morgan fingerprint density at radius 3 is 1.56 bits per heavy atom. The van der Waals surface area contributed by atoms with Crippen molar-refractivity contribution in [2.45, 2.75) is 26.7 Å². The van der Waals surface area contributed by atoms with Crippen LogP contribution in [0.15, 0.2) is 25.3 Å². The minimum atomic E-state index is -0.748. The highest BCUT2D eigenvalue weighted by atomic mass is 16.6. The largest absolute Gasteiger partial charge is 0.462 e. The second kappa shape index (κ2) is 11.8. The zero-order valence-corrected chi connectivity index (χ0v) is 15.2. The summed E-state index contributed by atoms with van der Waals surface area (Å²) in [7, 11) is 0. The molecule has 0 fully saturated rings. The molecule has 0 aliphatic carbocycles. The maximum Gasteiger partial charge on any atom is 0.330 e. The molecule has 0 aliphatic heterocycles. The molecule has 0 amide bonds. The summed E-state index contributed by atoms with van der Waals surface area (Å²) in [5.74, 6) is -1.16. The molecule has 0 unspecified atom stereocenters. The molecule has 0 bridgehead atoms. The zero-order chi connectivity index (χ0) is 19.3. The van der Waals surface area contributed by atoms with Gasteiger partial charge in [-0.15, -0.1) is 0 Å². The lowest BCUT2D eigenvalue weighted by atomic mass is 9.86. The van der Waals surface area contributed by atoms with Crippen molar-refractivity contribution < 1.29 is 34.0 Å². The first-order valence-electron chi connectivity index (χ1n) is 8.24. The highest BCUT2D eigenvalue weighted by molar-refractivity contribution is 5.81. The molecule has 2 N–H and O–H groups in total. The van der Waals surface area contributed by atoms with Crippen molar-refractivity contribution in [2.75, 3.05) is 39.6 Å². The number of hydrogen-bond donors (Lipinski definition) is 2. The molecule has 0 aromatic rings. The number of hydrogen-bond acceptors (Lipinski definition) is 7. The van der Waals surface area contributed by atoms with Gasteiger partial charge in [0.1, 0.15) is 13.2 Å². The summed E-state index contributed by atoms with van der Waals surface area (Å²) in [6.45, 7) is 10.2. The lowest BCUT2D eigenvalue weighted by Gasteiger charge is -2.34. The minimum Gasteiger partial charge on any atom is -0.462 e. The Balaban J connectivity index is 5.00. The lowest BCUT2D eigenvalue weighted by molar-refractivity contribution is -0.153. The lowest BCUT2D eigenvalue weighted by Crippen LogP contribution is -2.41. The van der Waals surface area contributed by atoms with Gasteiger partial charge < -0.3 is 24.4 Å².